The maximum atomic E-state index is 8.95. The molecule has 148 valence electrons. The molecule has 0 aliphatic heterocycles. The largest absolute Gasteiger partial charge is 0.497 e. The average Bonchev–Trinajstić information content (AvgIpc) is 3.15. The molecule has 2 heterocycles. The van der Waals surface area contributed by atoms with E-state index in [1.165, 1.54) is 6.33 Å². The second kappa shape index (κ2) is 8.20. The summed E-state index contributed by atoms with van der Waals surface area (Å²) in [7, 11) is 1.64. The van der Waals surface area contributed by atoms with Crippen molar-refractivity contribution in [1.82, 2.24) is 14.5 Å². The molecule has 7 heteroatoms. The lowest BCUT2D eigenvalue weighted by Crippen LogP contribution is -2.01. The minimum atomic E-state index is 0.0992. The Kier molecular flexibility index (Phi) is 5.31. The zero-order chi connectivity index (χ0) is 20.2. The Labute approximate surface area is 168 Å². The highest BCUT2D eigenvalue weighted by Gasteiger charge is 2.16. The number of hydrogen-bond donors (Lipinski definition) is 2. The predicted octanol–water partition coefficient (Wildman–Crippen LogP) is 3.44. The van der Waals surface area contributed by atoms with E-state index in [0.29, 0.717) is 24.5 Å². The van der Waals surface area contributed by atoms with Gasteiger partial charge in [0.2, 0.25) is 0 Å². The Bertz CT molecular complexity index is 1140. The maximum absolute atomic E-state index is 8.95. The number of ether oxygens (including phenoxy) is 2. The Morgan fingerprint density at radius 2 is 1.90 bits per heavy atom. The van der Waals surface area contributed by atoms with E-state index in [-0.39, 0.29) is 6.61 Å². The van der Waals surface area contributed by atoms with Gasteiger partial charge in [0, 0.05) is 30.9 Å². The first-order valence-electron chi connectivity index (χ1n) is 9.31. The summed E-state index contributed by atoms with van der Waals surface area (Å²) in [5, 5.41) is 9.74. The van der Waals surface area contributed by atoms with Crippen LogP contribution >= 0.6 is 0 Å². The highest BCUT2D eigenvalue weighted by molar-refractivity contribution is 6.01. The van der Waals surface area contributed by atoms with Crippen LogP contribution in [0.15, 0.2) is 61.1 Å². The van der Waals surface area contributed by atoms with Gasteiger partial charge in [-0.15, -0.1) is 0 Å². The highest BCUT2D eigenvalue weighted by Crippen LogP contribution is 2.35. The summed E-state index contributed by atoms with van der Waals surface area (Å²) in [6, 6.07) is 15.5. The molecule has 0 saturated heterocycles. The second-order valence-corrected chi connectivity index (χ2v) is 6.53. The molecule has 0 amide bonds. The Morgan fingerprint density at radius 3 is 2.72 bits per heavy atom. The van der Waals surface area contributed by atoms with Crippen LogP contribution in [0, 0.1) is 0 Å². The molecular weight excluding hydrogens is 368 g/mol. The summed E-state index contributed by atoms with van der Waals surface area (Å²) >= 11 is 0. The van der Waals surface area contributed by atoms with Crippen LogP contribution in [0.2, 0.25) is 0 Å². The summed E-state index contributed by atoms with van der Waals surface area (Å²) in [5.41, 5.74) is 9.71. The number of aromatic nitrogens is 3. The fourth-order valence-corrected chi connectivity index (χ4v) is 3.27. The van der Waals surface area contributed by atoms with Gasteiger partial charge < -0.3 is 24.9 Å². The number of nitrogens with zero attached hydrogens (tertiary/aromatic N) is 3. The van der Waals surface area contributed by atoms with E-state index < -0.39 is 0 Å². The molecule has 2 aromatic heterocycles. The first-order valence-corrected chi connectivity index (χ1v) is 9.31. The van der Waals surface area contributed by atoms with E-state index in [1.54, 1.807) is 7.11 Å². The van der Waals surface area contributed by atoms with Crippen LogP contribution in [0.5, 0.6) is 11.5 Å². The van der Waals surface area contributed by atoms with Gasteiger partial charge in [0.1, 0.15) is 23.6 Å². The van der Waals surface area contributed by atoms with Gasteiger partial charge >= 0.3 is 0 Å². The molecule has 0 unspecified atom stereocenters. The van der Waals surface area contributed by atoms with E-state index in [0.717, 1.165) is 33.7 Å². The fourth-order valence-electron chi connectivity index (χ4n) is 3.27. The monoisotopic (exact) mass is 390 g/mol. The number of nitrogens with two attached hydrogens (primary N) is 1. The smallest absolute Gasteiger partial charge is 0.150 e. The van der Waals surface area contributed by atoms with Crippen molar-refractivity contribution in [3.05, 3.63) is 61.1 Å². The van der Waals surface area contributed by atoms with Crippen LogP contribution in [-0.4, -0.2) is 40.0 Å². The highest BCUT2D eigenvalue weighted by atomic mass is 16.5. The summed E-state index contributed by atoms with van der Waals surface area (Å²) in [6.45, 7) is 0.554. The number of benzene rings is 2. The molecule has 0 bridgehead atoms. The summed E-state index contributed by atoms with van der Waals surface area (Å²) < 4.78 is 13.1. The van der Waals surface area contributed by atoms with Gasteiger partial charge in [-0.25, -0.2) is 9.97 Å². The van der Waals surface area contributed by atoms with Crippen molar-refractivity contribution in [3.8, 4) is 28.3 Å². The van der Waals surface area contributed by atoms with Crippen molar-refractivity contribution in [2.75, 3.05) is 26.1 Å². The average molecular weight is 390 g/mol. The third kappa shape index (κ3) is 3.72. The second-order valence-electron chi connectivity index (χ2n) is 6.53. The minimum absolute atomic E-state index is 0.0992. The standard InChI is InChI=1S/C22H22N4O3/c1-28-17-7-2-5-15(11-17)19-13-26(22-20(19)21(23)24-14-25-22)16-6-3-8-18(12-16)29-10-4-9-27/h2-3,5-8,11-14,27H,4,9-10H2,1H3,(H2,23,24,25). The van der Waals surface area contributed by atoms with Crippen molar-refractivity contribution in [2.45, 2.75) is 6.42 Å². The lowest BCUT2D eigenvalue weighted by Gasteiger charge is -2.09. The number of aliphatic hydroxyl groups excluding tert-OH is 1. The van der Waals surface area contributed by atoms with Crippen molar-refractivity contribution in [1.29, 1.82) is 0 Å². The normalized spacial score (nSPS) is 11.0. The first kappa shape index (κ1) is 18.8. The molecule has 0 spiro atoms. The third-order valence-corrected chi connectivity index (χ3v) is 4.66. The lowest BCUT2D eigenvalue weighted by molar-refractivity contribution is 0.233. The van der Waals surface area contributed by atoms with Gasteiger partial charge in [-0.05, 0) is 29.8 Å². The van der Waals surface area contributed by atoms with Crippen LogP contribution in [0.25, 0.3) is 27.8 Å². The van der Waals surface area contributed by atoms with Crippen LogP contribution in [-0.2, 0) is 0 Å². The summed E-state index contributed by atoms with van der Waals surface area (Å²) in [5.74, 6) is 1.91. The Morgan fingerprint density at radius 1 is 1.07 bits per heavy atom. The van der Waals surface area contributed by atoms with Crippen molar-refractivity contribution < 1.29 is 14.6 Å². The number of rotatable bonds is 7. The number of hydrogen-bond acceptors (Lipinski definition) is 6. The molecule has 0 saturated carbocycles. The quantitative estimate of drug-likeness (QED) is 0.469. The van der Waals surface area contributed by atoms with E-state index in [1.807, 2.05) is 59.3 Å². The molecule has 0 aliphatic rings. The Balaban J connectivity index is 1.84. The van der Waals surface area contributed by atoms with E-state index in [9.17, 15) is 0 Å². The molecule has 0 aliphatic carbocycles. The molecular formula is C22H22N4O3. The first-order chi connectivity index (χ1) is 14.2. The molecule has 7 nitrogen and oxygen atoms in total. The Hall–Kier alpha value is -3.58. The van der Waals surface area contributed by atoms with E-state index >= 15 is 0 Å². The topological polar surface area (TPSA) is 95.4 Å². The number of nitrogen functional groups attached to an aromatic ring is 1. The van der Waals surface area contributed by atoms with Gasteiger partial charge in [0.25, 0.3) is 0 Å². The summed E-state index contributed by atoms with van der Waals surface area (Å²) in [6.07, 6.45) is 4.04. The molecule has 4 aromatic rings. The molecule has 3 N–H and O–H groups in total. The lowest BCUT2D eigenvalue weighted by atomic mass is 10.1. The van der Waals surface area contributed by atoms with Crippen molar-refractivity contribution in [2.24, 2.45) is 0 Å². The van der Waals surface area contributed by atoms with Gasteiger partial charge in [0.15, 0.2) is 5.65 Å². The van der Waals surface area contributed by atoms with Crippen molar-refractivity contribution >= 4 is 16.9 Å². The van der Waals surface area contributed by atoms with Gasteiger partial charge in [0.05, 0.1) is 24.8 Å². The van der Waals surface area contributed by atoms with Gasteiger partial charge in [-0.3, -0.25) is 0 Å². The maximum Gasteiger partial charge on any atom is 0.150 e. The summed E-state index contributed by atoms with van der Waals surface area (Å²) in [4.78, 5) is 8.66. The molecule has 0 atom stereocenters. The number of anilines is 1. The third-order valence-electron chi connectivity index (χ3n) is 4.66. The number of methoxy groups -OCH3 is 1. The zero-order valence-electron chi connectivity index (χ0n) is 16.1. The molecule has 0 radical (unpaired) electrons. The number of fused-ring (bicyclic) bond motifs is 1. The predicted molar refractivity (Wildman–Crippen MR) is 112 cm³/mol. The zero-order valence-corrected chi connectivity index (χ0v) is 16.1. The van der Waals surface area contributed by atoms with Crippen LogP contribution in [0.1, 0.15) is 6.42 Å². The van der Waals surface area contributed by atoms with E-state index in [4.69, 9.17) is 20.3 Å². The number of aliphatic hydroxyl groups is 1. The molecule has 4 rings (SSSR count). The van der Waals surface area contributed by atoms with E-state index in [2.05, 4.69) is 9.97 Å². The van der Waals surface area contributed by atoms with Crippen molar-refractivity contribution in [3.63, 3.8) is 0 Å². The van der Waals surface area contributed by atoms with Crippen LogP contribution < -0.4 is 15.2 Å². The molecule has 0 fully saturated rings. The van der Waals surface area contributed by atoms with Gasteiger partial charge in [-0.1, -0.05) is 18.2 Å². The van der Waals surface area contributed by atoms with Crippen LogP contribution in [0.3, 0.4) is 0 Å². The fraction of sp³-hybridized carbons (Fsp3) is 0.182. The van der Waals surface area contributed by atoms with Crippen LogP contribution in [0.4, 0.5) is 5.82 Å². The SMILES string of the molecule is COc1cccc(-c2cn(-c3cccc(OCCCO)c3)c3ncnc(N)c23)c1. The molecule has 2 aromatic carbocycles. The van der Waals surface area contributed by atoms with Gasteiger partial charge in [-0.2, -0.15) is 0 Å². The molecule has 29 heavy (non-hydrogen) atoms. The minimum Gasteiger partial charge on any atom is -0.497 e.